The summed E-state index contributed by atoms with van der Waals surface area (Å²) in [6.45, 7) is 0. The van der Waals surface area contributed by atoms with Crippen LogP contribution in [-0.4, -0.2) is 21.7 Å². The smallest absolute Gasteiger partial charge is 0.175 e. The van der Waals surface area contributed by atoms with Gasteiger partial charge < -0.3 is 10.6 Å². The van der Waals surface area contributed by atoms with Crippen LogP contribution in [0.2, 0.25) is 0 Å². The highest BCUT2D eigenvalue weighted by Gasteiger charge is 2.12. The first-order valence-electron chi connectivity index (χ1n) is 5.78. The van der Waals surface area contributed by atoms with Crippen LogP contribution in [0.1, 0.15) is 0 Å². The van der Waals surface area contributed by atoms with Gasteiger partial charge in [-0.3, -0.25) is 0 Å². The maximum absolute atomic E-state index is 11.5. The van der Waals surface area contributed by atoms with Gasteiger partial charge in [0.1, 0.15) is 0 Å². The van der Waals surface area contributed by atoms with Crippen molar-refractivity contribution < 1.29 is 8.42 Å². The topological polar surface area (TPSA) is 63.4 Å². The van der Waals surface area contributed by atoms with E-state index in [0.717, 1.165) is 11.4 Å². The third-order valence-corrected chi connectivity index (χ3v) is 4.04. The molecule has 0 aliphatic heterocycles. The Labute approximate surface area is 113 Å². The van der Waals surface area contributed by atoms with Crippen LogP contribution in [0.4, 0.5) is 17.1 Å². The molecule has 0 spiro atoms. The molecular weight excluding hydrogens is 260 g/mol. The Morgan fingerprint density at radius 3 is 2.21 bits per heavy atom. The number of rotatable bonds is 3. The molecule has 0 aromatic heterocycles. The minimum Gasteiger partial charge on any atom is -0.397 e. The molecule has 0 atom stereocenters. The van der Waals surface area contributed by atoms with E-state index in [9.17, 15) is 8.42 Å². The lowest BCUT2D eigenvalue weighted by Crippen LogP contribution is -2.12. The average molecular weight is 276 g/mol. The zero-order valence-electron chi connectivity index (χ0n) is 10.9. The van der Waals surface area contributed by atoms with Crippen molar-refractivity contribution in [1.82, 2.24) is 0 Å². The first-order valence-corrected chi connectivity index (χ1v) is 7.67. The Bertz CT molecular complexity index is 682. The fourth-order valence-electron chi connectivity index (χ4n) is 1.86. The molecule has 0 unspecified atom stereocenters. The lowest BCUT2D eigenvalue weighted by Gasteiger charge is -2.21. The van der Waals surface area contributed by atoms with Gasteiger partial charge >= 0.3 is 0 Å². The summed E-state index contributed by atoms with van der Waals surface area (Å²) in [4.78, 5) is 2.15. The van der Waals surface area contributed by atoms with Crippen LogP contribution in [0.15, 0.2) is 53.4 Å². The fourth-order valence-corrected chi connectivity index (χ4v) is 2.52. The van der Waals surface area contributed by atoms with E-state index in [1.807, 2.05) is 42.3 Å². The SMILES string of the molecule is CN(c1ccccc1)c1ccc(S(C)(=O)=O)cc1N. The van der Waals surface area contributed by atoms with Gasteiger partial charge in [0, 0.05) is 19.0 Å². The monoisotopic (exact) mass is 276 g/mol. The van der Waals surface area contributed by atoms with Crippen molar-refractivity contribution in [3.05, 3.63) is 48.5 Å². The highest BCUT2D eigenvalue weighted by Crippen LogP contribution is 2.30. The van der Waals surface area contributed by atoms with Crippen LogP contribution in [0, 0.1) is 0 Å². The largest absolute Gasteiger partial charge is 0.397 e. The molecule has 0 bridgehead atoms. The lowest BCUT2D eigenvalue weighted by molar-refractivity contribution is 0.602. The van der Waals surface area contributed by atoms with Gasteiger partial charge in [-0.2, -0.15) is 0 Å². The number of nitrogens with zero attached hydrogens (tertiary/aromatic N) is 1. The molecule has 0 aliphatic rings. The minimum absolute atomic E-state index is 0.232. The van der Waals surface area contributed by atoms with Crippen LogP contribution in [0.5, 0.6) is 0 Å². The Hall–Kier alpha value is -2.01. The summed E-state index contributed by atoms with van der Waals surface area (Å²) >= 11 is 0. The van der Waals surface area contributed by atoms with Crippen molar-refractivity contribution in [2.24, 2.45) is 0 Å². The summed E-state index contributed by atoms with van der Waals surface area (Å²) in [5.74, 6) is 0. The molecule has 19 heavy (non-hydrogen) atoms. The number of benzene rings is 2. The molecule has 0 fully saturated rings. The summed E-state index contributed by atoms with van der Waals surface area (Å²) in [7, 11) is -1.34. The van der Waals surface area contributed by atoms with Gasteiger partial charge in [0.15, 0.2) is 9.84 Å². The molecule has 2 rings (SSSR count). The van der Waals surface area contributed by atoms with Crippen LogP contribution >= 0.6 is 0 Å². The second-order valence-electron chi connectivity index (χ2n) is 4.39. The molecule has 4 nitrogen and oxygen atoms in total. The van der Waals surface area contributed by atoms with E-state index in [1.165, 1.54) is 12.3 Å². The molecule has 0 heterocycles. The number of hydrogen-bond donors (Lipinski definition) is 1. The van der Waals surface area contributed by atoms with Crippen LogP contribution in [0.3, 0.4) is 0 Å². The molecule has 0 saturated heterocycles. The zero-order valence-corrected chi connectivity index (χ0v) is 11.7. The van der Waals surface area contributed by atoms with Crippen molar-refractivity contribution in [2.45, 2.75) is 4.90 Å². The first kappa shape index (κ1) is 13.4. The van der Waals surface area contributed by atoms with E-state index >= 15 is 0 Å². The van der Waals surface area contributed by atoms with E-state index in [2.05, 4.69) is 0 Å². The Morgan fingerprint density at radius 2 is 1.68 bits per heavy atom. The van der Waals surface area contributed by atoms with Crippen molar-refractivity contribution >= 4 is 26.9 Å². The highest BCUT2D eigenvalue weighted by molar-refractivity contribution is 7.90. The standard InChI is InChI=1S/C14H16N2O2S/c1-16(11-6-4-3-5-7-11)14-9-8-12(10-13(14)15)19(2,17)18/h3-10H,15H2,1-2H3. The predicted molar refractivity (Wildman–Crippen MR) is 78.5 cm³/mol. The van der Waals surface area contributed by atoms with Gasteiger partial charge in [-0.25, -0.2) is 8.42 Å². The number of sulfone groups is 1. The third-order valence-electron chi connectivity index (χ3n) is 2.93. The van der Waals surface area contributed by atoms with Crippen molar-refractivity contribution in [3.63, 3.8) is 0 Å². The van der Waals surface area contributed by atoms with Gasteiger partial charge in [0.25, 0.3) is 0 Å². The first-order chi connectivity index (χ1) is 8.89. The van der Waals surface area contributed by atoms with Crippen molar-refractivity contribution in [3.8, 4) is 0 Å². The molecule has 0 saturated carbocycles. The second kappa shape index (κ2) is 4.93. The summed E-state index contributed by atoms with van der Waals surface area (Å²) < 4.78 is 22.9. The molecule has 0 aliphatic carbocycles. The second-order valence-corrected chi connectivity index (χ2v) is 6.40. The summed E-state index contributed by atoms with van der Waals surface area (Å²) in [5, 5.41) is 0. The number of anilines is 3. The Morgan fingerprint density at radius 1 is 1.05 bits per heavy atom. The maximum Gasteiger partial charge on any atom is 0.175 e. The van der Waals surface area contributed by atoms with Crippen LogP contribution in [-0.2, 0) is 9.84 Å². The van der Waals surface area contributed by atoms with Crippen molar-refractivity contribution in [1.29, 1.82) is 0 Å². The van der Waals surface area contributed by atoms with Gasteiger partial charge in [-0.15, -0.1) is 0 Å². The molecular formula is C14H16N2O2S. The maximum atomic E-state index is 11.5. The Kier molecular flexibility index (Phi) is 3.48. The van der Waals surface area contributed by atoms with E-state index < -0.39 is 9.84 Å². The van der Waals surface area contributed by atoms with Gasteiger partial charge in [0.2, 0.25) is 0 Å². The Balaban J connectivity index is 2.42. The van der Waals surface area contributed by atoms with Crippen LogP contribution < -0.4 is 10.6 Å². The van der Waals surface area contributed by atoms with Gasteiger partial charge in [0.05, 0.1) is 16.3 Å². The number of hydrogen-bond acceptors (Lipinski definition) is 4. The van der Waals surface area contributed by atoms with Crippen LogP contribution in [0.25, 0.3) is 0 Å². The van der Waals surface area contributed by atoms with Crippen molar-refractivity contribution in [2.75, 3.05) is 23.9 Å². The van der Waals surface area contributed by atoms with E-state index in [0.29, 0.717) is 5.69 Å². The molecule has 2 aromatic rings. The number of para-hydroxylation sites is 1. The van der Waals surface area contributed by atoms with E-state index in [4.69, 9.17) is 5.73 Å². The third kappa shape index (κ3) is 2.88. The normalized spacial score (nSPS) is 11.3. The molecule has 5 heteroatoms. The highest BCUT2D eigenvalue weighted by atomic mass is 32.2. The molecule has 2 aromatic carbocycles. The molecule has 100 valence electrons. The molecule has 0 amide bonds. The summed E-state index contributed by atoms with van der Waals surface area (Å²) in [5.41, 5.74) is 8.15. The lowest BCUT2D eigenvalue weighted by atomic mass is 10.2. The summed E-state index contributed by atoms with van der Waals surface area (Å²) in [6, 6.07) is 14.5. The number of nitrogen functional groups attached to an aromatic ring is 1. The zero-order chi connectivity index (χ0) is 14.0. The average Bonchev–Trinajstić information content (AvgIpc) is 2.38. The van der Waals surface area contributed by atoms with E-state index in [-0.39, 0.29) is 4.90 Å². The minimum atomic E-state index is -3.23. The summed E-state index contributed by atoms with van der Waals surface area (Å²) in [6.07, 6.45) is 1.17. The quantitative estimate of drug-likeness (QED) is 0.875. The van der Waals surface area contributed by atoms with E-state index in [1.54, 1.807) is 12.1 Å². The van der Waals surface area contributed by atoms with Gasteiger partial charge in [-0.1, -0.05) is 18.2 Å². The fraction of sp³-hybridized carbons (Fsp3) is 0.143. The molecule has 2 N–H and O–H groups in total. The van der Waals surface area contributed by atoms with Gasteiger partial charge in [-0.05, 0) is 30.3 Å². The molecule has 0 radical (unpaired) electrons. The predicted octanol–water partition coefficient (Wildman–Crippen LogP) is 2.44. The number of nitrogens with two attached hydrogens (primary N) is 1.